The van der Waals surface area contributed by atoms with Gasteiger partial charge in [0.15, 0.2) is 0 Å². The summed E-state index contributed by atoms with van der Waals surface area (Å²) in [6.07, 6.45) is 10.4. The average molecular weight is 449 g/mol. The topological polar surface area (TPSA) is 117 Å². The number of carbonyl (C=O) groups excluding carboxylic acids is 2. The Morgan fingerprint density at radius 1 is 1.34 bits per heavy atom. The fraction of sp³-hybridized carbons (Fsp3) is 0.217. The Kier molecular flexibility index (Phi) is 6.63. The van der Waals surface area contributed by atoms with Crippen LogP contribution in [-0.4, -0.2) is 23.1 Å². The van der Waals surface area contributed by atoms with Crippen LogP contribution in [0.1, 0.15) is 33.6 Å². The van der Waals surface area contributed by atoms with Gasteiger partial charge in [-0.25, -0.2) is 4.79 Å². The van der Waals surface area contributed by atoms with E-state index in [2.05, 4.69) is 21.7 Å². The van der Waals surface area contributed by atoms with Crippen molar-refractivity contribution in [3.63, 3.8) is 0 Å². The van der Waals surface area contributed by atoms with Crippen molar-refractivity contribution in [3.05, 3.63) is 76.3 Å². The molecule has 162 valence electrons. The Hall–Kier alpha value is -3.90. The summed E-state index contributed by atoms with van der Waals surface area (Å²) in [7, 11) is 0. The monoisotopic (exact) mass is 448 g/mol. The van der Waals surface area contributed by atoms with E-state index in [0.717, 1.165) is 21.6 Å². The number of ether oxygens (including phenoxy) is 1. The number of pyridine rings is 1. The molecule has 1 atom stereocenters. The van der Waals surface area contributed by atoms with E-state index in [0.29, 0.717) is 36.4 Å². The largest absolute Gasteiger partial charge is 0.472 e. The van der Waals surface area contributed by atoms with Crippen LogP contribution < -0.4 is 10.6 Å². The average Bonchev–Trinajstić information content (AvgIpc) is 3.44. The summed E-state index contributed by atoms with van der Waals surface area (Å²) in [5, 5.41) is 15.7. The quantitative estimate of drug-likeness (QED) is 0.550. The summed E-state index contributed by atoms with van der Waals surface area (Å²) in [4.78, 5) is 29.3. The molecule has 9 heteroatoms. The normalized spacial score (nSPS) is 15.0. The van der Waals surface area contributed by atoms with Gasteiger partial charge in [0, 0.05) is 41.9 Å². The van der Waals surface area contributed by atoms with Crippen LogP contribution in [0.25, 0.3) is 6.08 Å². The molecule has 4 rings (SSSR count). The molecule has 1 unspecified atom stereocenters. The highest BCUT2D eigenvalue weighted by Crippen LogP contribution is 2.38. The number of rotatable bonds is 6. The summed E-state index contributed by atoms with van der Waals surface area (Å²) in [5.74, 6) is -0.329. The number of alkyl carbamates (subject to hydrolysis) is 1. The lowest BCUT2D eigenvalue weighted by atomic mass is 9.94. The van der Waals surface area contributed by atoms with E-state index in [1.807, 2.05) is 12.1 Å². The lowest BCUT2D eigenvalue weighted by Gasteiger charge is -2.22. The Balaban J connectivity index is 1.36. The van der Waals surface area contributed by atoms with E-state index in [1.165, 1.54) is 29.9 Å². The molecule has 0 saturated carbocycles. The zero-order valence-corrected chi connectivity index (χ0v) is 17.9. The number of hydrogen-bond acceptors (Lipinski definition) is 7. The van der Waals surface area contributed by atoms with Gasteiger partial charge in [-0.2, -0.15) is 5.26 Å². The van der Waals surface area contributed by atoms with Crippen molar-refractivity contribution in [1.29, 1.82) is 5.26 Å². The first-order chi connectivity index (χ1) is 15.6. The fourth-order valence-electron chi connectivity index (χ4n) is 3.43. The van der Waals surface area contributed by atoms with Gasteiger partial charge in [0.05, 0.1) is 18.1 Å². The highest BCUT2D eigenvalue weighted by molar-refractivity contribution is 7.16. The van der Waals surface area contributed by atoms with Crippen LogP contribution in [0, 0.1) is 11.3 Å². The van der Waals surface area contributed by atoms with Crippen molar-refractivity contribution in [3.8, 4) is 6.07 Å². The van der Waals surface area contributed by atoms with E-state index >= 15 is 0 Å². The summed E-state index contributed by atoms with van der Waals surface area (Å²) in [6.45, 7) is 0.361. The predicted molar refractivity (Wildman–Crippen MR) is 119 cm³/mol. The second-order valence-corrected chi connectivity index (χ2v) is 8.28. The molecule has 1 aliphatic rings. The molecule has 0 saturated heterocycles. The number of thiophene rings is 1. The van der Waals surface area contributed by atoms with Crippen molar-refractivity contribution in [2.24, 2.45) is 0 Å². The van der Waals surface area contributed by atoms with Gasteiger partial charge in [0.25, 0.3) is 0 Å². The molecule has 3 aromatic heterocycles. The maximum absolute atomic E-state index is 12.3. The molecular formula is C23H20N4O4S. The third kappa shape index (κ3) is 5.22. The third-order valence-corrected chi connectivity index (χ3v) is 6.17. The molecule has 2 amide bonds. The van der Waals surface area contributed by atoms with Crippen LogP contribution in [0.3, 0.4) is 0 Å². The number of anilines is 1. The maximum Gasteiger partial charge on any atom is 0.407 e. The predicted octanol–water partition coefficient (Wildman–Crippen LogP) is 4.04. The number of fused-ring (bicyclic) bond motifs is 1. The number of amides is 2. The highest BCUT2D eigenvalue weighted by atomic mass is 32.1. The molecule has 0 spiro atoms. The summed E-state index contributed by atoms with van der Waals surface area (Å²) in [5.41, 5.74) is 3.11. The summed E-state index contributed by atoms with van der Waals surface area (Å²) in [6, 6.07) is 7.59. The van der Waals surface area contributed by atoms with Crippen molar-refractivity contribution in [2.75, 3.05) is 5.32 Å². The number of nitrogens with one attached hydrogen (secondary N) is 2. The molecule has 2 N–H and O–H groups in total. The fourth-order valence-corrected chi connectivity index (χ4v) is 4.69. The highest BCUT2D eigenvalue weighted by Gasteiger charge is 2.28. The molecule has 1 aliphatic carbocycles. The molecule has 0 fully saturated rings. The van der Waals surface area contributed by atoms with Crippen molar-refractivity contribution >= 4 is 34.4 Å². The van der Waals surface area contributed by atoms with Gasteiger partial charge in [-0.15, -0.1) is 11.3 Å². The molecular weight excluding hydrogens is 428 g/mol. The van der Waals surface area contributed by atoms with Gasteiger partial charge in [-0.05, 0) is 48.2 Å². The van der Waals surface area contributed by atoms with Gasteiger partial charge < -0.3 is 19.8 Å². The number of aromatic nitrogens is 1. The molecule has 8 nitrogen and oxygen atoms in total. The van der Waals surface area contributed by atoms with Crippen LogP contribution in [0.15, 0.2) is 53.6 Å². The maximum atomic E-state index is 12.3. The standard InChI is InChI=1S/C23H20N4O4S/c24-12-19-18-3-2-17(31-23(29)26-13-15-5-8-25-9-6-15)11-20(18)32-22(19)27-21(28)4-1-16-7-10-30-14-16/h1,4-10,14,17H,2-3,11,13H2,(H,26,29)(H,27,28)/b4-1+. The summed E-state index contributed by atoms with van der Waals surface area (Å²) >= 11 is 1.35. The van der Waals surface area contributed by atoms with Crippen molar-refractivity contribution < 1.29 is 18.7 Å². The number of furan rings is 1. The van der Waals surface area contributed by atoms with Gasteiger partial charge in [0.1, 0.15) is 17.2 Å². The first-order valence-electron chi connectivity index (χ1n) is 10.0. The van der Waals surface area contributed by atoms with Gasteiger partial charge in [-0.3, -0.25) is 9.78 Å². The second kappa shape index (κ2) is 9.94. The summed E-state index contributed by atoms with van der Waals surface area (Å²) < 4.78 is 10.5. The van der Waals surface area contributed by atoms with E-state index in [9.17, 15) is 14.9 Å². The van der Waals surface area contributed by atoms with Crippen LogP contribution >= 0.6 is 11.3 Å². The lowest BCUT2D eigenvalue weighted by molar-refractivity contribution is -0.111. The van der Waals surface area contributed by atoms with Gasteiger partial charge in [-0.1, -0.05) is 0 Å². The molecule has 32 heavy (non-hydrogen) atoms. The third-order valence-electron chi connectivity index (χ3n) is 5.00. The number of nitrogens with zero attached hydrogens (tertiary/aromatic N) is 2. The molecule has 0 bridgehead atoms. The van der Waals surface area contributed by atoms with Gasteiger partial charge >= 0.3 is 6.09 Å². The van der Waals surface area contributed by atoms with E-state index in [-0.39, 0.29) is 12.0 Å². The van der Waals surface area contributed by atoms with E-state index in [4.69, 9.17) is 9.15 Å². The Labute approximate surface area is 188 Å². The van der Waals surface area contributed by atoms with Crippen LogP contribution in [0.5, 0.6) is 0 Å². The smallest absolute Gasteiger partial charge is 0.407 e. The minimum absolute atomic E-state index is 0.283. The first kappa shape index (κ1) is 21.3. The Morgan fingerprint density at radius 2 is 2.19 bits per heavy atom. The minimum Gasteiger partial charge on any atom is -0.472 e. The molecule has 0 aromatic carbocycles. The minimum atomic E-state index is -0.481. The molecule has 0 radical (unpaired) electrons. The molecule has 3 aromatic rings. The van der Waals surface area contributed by atoms with Crippen LogP contribution in [0.4, 0.5) is 9.80 Å². The van der Waals surface area contributed by atoms with E-state index in [1.54, 1.807) is 24.5 Å². The second-order valence-electron chi connectivity index (χ2n) is 7.18. The van der Waals surface area contributed by atoms with Crippen molar-refractivity contribution in [1.82, 2.24) is 10.3 Å². The SMILES string of the molecule is N#Cc1c(NC(=O)/C=C/c2ccoc2)sc2c1CCC(OC(=O)NCc1ccncc1)C2. The Bertz CT molecular complexity index is 1160. The van der Waals surface area contributed by atoms with Crippen molar-refractivity contribution in [2.45, 2.75) is 31.9 Å². The van der Waals surface area contributed by atoms with E-state index < -0.39 is 6.09 Å². The number of hydrogen-bond donors (Lipinski definition) is 2. The molecule has 0 aliphatic heterocycles. The molecule has 3 heterocycles. The zero-order valence-electron chi connectivity index (χ0n) is 17.0. The zero-order chi connectivity index (χ0) is 22.3. The first-order valence-corrected chi connectivity index (χ1v) is 10.8. The number of nitriles is 1. The lowest BCUT2D eigenvalue weighted by Crippen LogP contribution is -2.31. The van der Waals surface area contributed by atoms with Crippen LogP contribution in [0.2, 0.25) is 0 Å². The van der Waals surface area contributed by atoms with Gasteiger partial charge in [0.2, 0.25) is 5.91 Å². The number of carbonyl (C=O) groups is 2. The van der Waals surface area contributed by atoms with Crippen LogP contribution in [-0.2, 0) is 28.9 Å². The Morgan fingerprint density at radius 3 is 2.94 bits per heavy atom.